The van der Waals surface area contributed by atoms with Crippen molar-refractivity contribution in [2.45, 2.75) is 30.6 Å². The van der Waals surface area contributed by atoms with E-state index in [0.29, 0.717) is 31.7 Å². The van der Waals surface area contributed by atoms with Gasteiger partial charge in [-0.2, -0.15) is 4.31 Å². The molecule has 168 valence electrons. The molecule has 0 spiro atoms. The Morgan fingerprint density at radius 2 is 1.84 bits per heavy atom. The van der Waals surface area contributed by atoms with Crippen molar-refractivity contribution in [1.82, 2.24) is 9.62 Å². The van der Waals surface area contributed by atoms with Crippen molar-refractivity contribution in [3.63, 3.8) is 0 Å². The molecule has 0 saturated carbocycles. The highest BCUT2D eigenvalue weighted by Crippen LogP contribution is 2.25. The van der Waals surface area contributed by atoms with Crippen molar-refractivity contribution in [3.8, 4) is 11.5 Å². The minimum Gasteiger partial charge on any atom is -0.497 e. The number of carbonyl (C=O) groups is 1. The molecule has 0 radical (unpaired) electrons. The van der Waals surface area contributed by atoms with Crippen molar-refractivity contribution < 1.29 is 22.7 Å². The Labute approximate surface area is 184 Å². The molecule has 0 aromatic heterocycles. The molecule has 1 heterocycles. The number of carbonyl (C=O) groups excluding carboxylic acids is 1. The summed E-state index contributed by atoms with van der Waals surface area (Å²) in [4.78, 5) is 12.9. The lowest BCUT2D eigenvalue weighted by atomic mass is 9.99. The molecular weight excluding hydrogens is 416 g/mol. The highest BCUT2D eigenvalue weighted by Gasteiger charge is 2.33. The Balaban J connectivity index is 1.52. The molecule has 1 fully saturated rings. The first-order valence-corrected chi connectivity index (χ1v) is 11.9. The van der Waals surface area contributed by atoms with Crippen LogP contribution in [0.25, 0.3) is 0 Å². The van der Waals surface area contributed by atoms with E-state index in [1.165, 1.54) is 23.5 Å². The first-order valence-electron chi connectivity index (χ1n) is 10.5. The van der Waals surface area contributed by atoms with Crippen LogP contribution in [0, 0.1) is 5.92 Å². The number of ether oxygens (including phenoxy) is 2. The van der Waals surface area contributed by atoms with Crippen LogP contribution in [0.15, 0.2) is 53.4 Å². The van der Waals surface area contributed by atoms with Crippen molar-refractivity contribution >= 4 is 15.9 Å². The lowest BCUT2D eigenvalue weighted by molar-refractivity contribution is -0.126. The monoisotopic (exact) mass is 446 g/mol. The van der Waals surface area contributed by atoms with Crippen molar-refractivity contribution in [1.29, 1.82) is 0 Å². The van der Waals surface area contributed by atoms with E-state index in [-0.39, 0.29) is 23.3 Å². The van der Waals surface area contributed by atoms with E-state index in [0.717, 1.165) is 24.2 Å². The van der Waals surface area contributed by atoms with E-state index in [4.69, 9.17) is 9.47 Å². The number of benzene rings is 2. The van der Waals surface area contributed by atoms with Crippen molar-refractivity contribution in [2.75, 3.05) is 33.9 Å². The maximum absolute atomic E-state index is 13.0. The number of nitrogens with zero attached hydrogens (tertiary/aromatic N) is 1. The lowest BCUT2D eigenvalue weighted by Gasteiger charge is -2.31. The summed E-state index contributed by atoms with van der Waals surface area (Å²) >= 11 is 0. The summed E-state index contributed by atoms with van der Waals surface area (Å²) in [6.07, 6.45) is 2.93. The van der Waals surface area contributed by atoms with Gasteiger partial charge in [0.05, 0.1) is 25.0 Å². The molecule has 2 aromatic carbocycles. The Morgan fingerprint density at radius 3 is 2.55 bits per heavy atom. The maximum atomic E-state index is 13.0. The Hall–Kier alpha value is -2.58. The summed E-state index contributed by atoms with van der Waals surface area (Å²) in [7, 11) is -0.455. The third-order valence-corrected chi connectivity index (χ3v) is 7.45. The summed E-state index contributed by atoms with van der Waals surface area (Å²) in [6.45, 7) is 1.16. The van der Waals surface area contributed by atoms with Crippen LogP contribution in [0.2, 0.25) is 0 Å². The zero-order chi connectivity index (χ0) is 22.3. The van der Waals surface area contributed by atoms with Crippen molar-refractivity contribution in [3.05, 3.63) is 54.1 Å². The number of piperidine rings is 1. The van der Waals surface area contributed by atoms with Gasteiger partial charge in [-0.15, -0.1) is 0 Å². The largest absolute Gasteiger partial charge is 0.497 e. The molecule has 7 nitrogen and oxygen atoms in total. The number of sulfonamides is 1. The third-order valence-electron chi connectivity index (χ3n) is 5.57. The van der Waals surface area contributed by atoms with Gasteiger partial charge in [-0.05, 0) is 61.6 Å². The fourth-order valence-corrected chi connectivity index (χ4v) is 5.34. The summed E-state index contributed by atoms with van der Waals surface area (Å²) in [5, 5.41) is 2.97. The van der Waals surface area contributed by atoms with E-state index < -0.39 is 10.0 Å². The molecule has 1 amide bonds. The highest BCUT2D eigenvalue weighted by molar-refractivity contribution is 7.89. The number of para-hydroxylation sites is 1. The second-order valence-electron chi connectivity index (χ2n) is 7.58. The number of amides is 1. The Kier molecular flexibility index (Phi) is 7.92. The van der Waals surface area contributed by atoms with Crippen LogP contribution in [-0.2, 0) is 21.2 Å². The van der Waals surface area contributed by atoms with Crippen LogP contribution < -0.4 is 14.8 Å². The molecule has 1 atom stereocenters. The minimum absolute atomic E-state index is 0.0883. The average Bonchev–Trinajstić information content (AvgIpc) is 2.82. The Morgan fingerprint density at radius 1 is 1.10 bits per heavy atom. The zero-order valence-corrected chi connectivity index (χ0v) is 18.9. The average molecular weight is 447 g/mol. The standard InChI is InChI=1S/C23H30N2O5S/c1-29-20-11-13-21(14-12-20)31(27,28)25-16-6-9-19(17-25)23(26)24-15-5-8-18-7-3-4-10-22(18)30-2/h3-4,7,10-14,19H,5-6,8-9,15-17H2,1-2H3,(H,24,26)/t19-/m0/s1. The smallest absolute Gasteiger partial charge is 0.243 e. The number of aryl methyl sites for hydroxylation is 1. The first kappa shape index (κ1) is 23.1. The van der Waals surface area contributed by atoms with Crippen LogP contribution >= 0.6 is 0 Å². The van der Waals surface area contributed by atoms with Gasteiger partial charge in [-0.25, -0.2) is 8.42 Å². The highest BCUT2D eigenvalue weighted by atomic mass is 32.2. The van der Waals surface area contributed by atoms with Crippen LogP contribution in [0.4, 0.5) is 0 Å². The SMILES string of the molecule is COc1ccc(S(=O)(=O)N2CCC[C@H](C(=O)NCCCc3ccccc3OC)C2)cc1. The summed E-state index contributed by atoms with van der Waals surface area (Å²) in [5.41, 5.74) is 1.11. The molecule has 1 aliphatic heterocycles. The molecule has 1 saturated heterocycles. The summed E-state index contributed by atoms with van der Waals surface area (Å²) in [5.74, 6) is 1.02. The third kappa shape index (κ3) is 5.77. The topological polar surface area (TPSA) is 84.9 Å². The van der Waals surface area contributed by atoms with Crippen LogP contribution in [0.5, 0.6) is 11.5 Å². The van der Waals surface area contributed by atoms with E-state index >= 15 is 0 Å². The minimum atomic E-state index is -3.64. The van der Waals surface area contributed by atoms with Crippen LogP contribution in [0.3, 0.4) is 0 Å². The molecule has 0 aliphatic carbocycles. The molecule has 3 rings (SSSR count). The molecule has 2 aromatic rings. The number of hydrogen-bond acceptors (Lipinski definition) is 5. The normalized spacial score (nSPS) is 17.2. The maximum Gasteiger partial charge on any atom is 0.243 e. The molecule has 0 bridgehead atoms. The van der Waals surface area contributed by atoms with E-state index in [9.17, 15) is 13.2 Å². The molecule has 1 aliphatic rings. The van der Waals surface area contributed by atoms with Gasteiger partial charge in [0.15, 0.2) is 0 Å². The second-order valence-corrected chi connectivity index (χ2v) is 9.52. The van der Waals surface area contributed by atoms with Crippen molar-refractivity contribution in [2.24, 2.45) is 5.92 Å². The quantitative estimate of drug-likeness (QED) is 0.599. The predicted molar refractivity (Wildman–Crippen MR) is 119 cm³/mol. The number of hydrogen-bond donors (Lipinski definition) is 1. The van der Waals surface area contributed by atoms with E-state index in [1.807, 2.05) is 24.3 Å². The fourth-order valence-electron chi connectivity index (χ4n) is 3.82. The van der Waals surface area contributed by atoms with Crippen LogP contribution in [0.1, 0.15) is 24.8 Å². The van der Waals surface area contributed by atoms with Crippen LogP contribution in [-0.4, -0.2) is 52.5 Å². The van der Waals surface area contributed by atoms with E-state index in [2.05, 4.69) is 5.32 Å². The fraction of sp³-hybridized carbons (Fsp3) is 0.435. The predicted octanol–water partition coefficient (Wildman–Crippen LogP) is 2.85. The van der Waals surface area contributed by atoms with Gasteiger partial charge in [0.2, 0.25) is 15.9 Å². The van der Waals surface area contributed by atoms with Gasteiger partial charge in [-0.3, -0.25) is 4.79 Å². The van der Waals surface area contributed by atoms with Gasteiger partial charge in [0.25, 0.3) is 0 Å². The summed E-state index contributed by atoms with van der Waals surface area (Å²) < 4.78 is 37.8. The number of rotatable bonds is 9. The van der Waals surface area contributed by atoms with Gasteiger partial charge >= 0.3 is 0 Å². The number of nitrogens with one attached hydrogen (secondary N) is 1. The molecular formula is C23H30N2O5S. The van der Waals surface area contributed by atoms with Gasteiger partial charge in [0.1, 0.15) is 11.5 Å². The molecule has 31 heavy (non-hydrogen) atoms. The van der Waals surface area contributed by atoms with E-state index in [1.54, 1.807) is 19.2 Å². The second kappa shape index (κ2) is 10.6. The molecule has 0 unspecified atom stereocenters. The lowest BCUT2D eigenvalue weighted by Crippen LogP contribution is -2.45. The van der Waals surface area contributed by atoms with Gasteiger partial charge < -0.3 is 14.8 Å². The zero-order valence-electron chi connectivity index (χ0n) is 18.0. The van der Waals surface area contributed by atoms with Gasteiger partial charge in [0, 0.05) is 19.6 Å². The molecule has 8 heteroatoms. The Bertz CT molecular complexity index is 976. The molecule has 1 N–H and O–H groups in total. The first-order chi connectivity index (χ1) is 15.0. The summed E-state index contributed by atoms with van der Waals surface area (Å²) in [6, 6.07) is 14.2. The number of methoxy groups -OCH3 is 2. The van der Waals surface area contributed by atoms with Gasteiger partial charge in [-0.1, -0.05) is 18.2 Å².